The Morgan fingerprint density at radius 3 is 2.68 bits per heavy atom. The summed E-state index contributed by atoms with van der Waals surface area (Å²) in [7, 11) is 3.98. The first-order valence-corrected chi connectivity index (χ1v) is 7.42. The molecule has 0 radical (unpaired) electrons. The third-order valence-corrected chi connectivity index (χ3v) is 3.51. The third kappa shape index (κ3) is 5.07. The van der Waals surface area contributed by atoms with E-state index >= 15 is 0 Å². The number of aromatic nitrogens is 1. The second kappa shape index (κ2) is 7.84. The Morgan fingerprint density at radius 2 is 2.14 bits per heavy atom. The number of carboxylic acid groups (broad SMARTS) is 1. The first kappa shape index (κ1) is 16.4. The van der Waals surface area contributed by atoms with Gasteiger partial charge < -0.3 is 24.4 Å². The van der Waals surface area contributed by atoms with Crippen LogP contribution >= 0.6 is 0 Å². The van der Waals surface area contributed by atoms with Crippen LogP contribution in [0.1, 0.15) is 12.8 Å². The number of piperidine rings is 1. The summed E-state index contributed by atoms with van der Waals surface area (Å²) in [6.45, 7) is 2.45. The molecule has 1 aromatic heterocycles. The van der Waals surface area contributed by atoms with Crippen molar-refractivity contribution in [1.29, 1.82) is 0 Å². The molecule has 0 spiro atoms. The predicted molar refractivity (Wildman–Crippen MR) is 81.5 cm³/mol. The molecule has 7 heteroatoms. The highest BCUT2D eigenvalue weighted by atomic mass is 16.5. The number of hydrogen-bond acceptors (Lipinski definition) is 5. The molecular weight excluding hydrogens is 286 g/mol. The minimum Gasteiger partial charge on any atom is -0.489 e. The van der Waals surface area contributed by atoms with Gasteiger partial charge in [0.2, 0.25) is 5.88 Å². The van der Waals surface area contributed by atoms with Gasteiger partial charge in [0.25, 0.3) is 0 Å². The first-order chi connectivity index (χ1) is 10.5. The van der Waals surface area contributed by atoms with Gasteiger partial charge in [0.05, 0.1) is 6.20 Å². The van der Waals surface area contributed by atoms with Crippen molar-refractivity contribution in [2.45, 2.75) is 18.9 Å². The fourth-order valence-electron chi connectivity index (χ4n) is 2.21. The molecule has 1 amide bonds. The van der Waals surface area contributed by atoms with E-state index < -0.39 is 6.09 Å². The molecule has 0 aliphatic carbocycles. The second-order valence-electron chi connectivity index (χ2n) is 5.57. The van der Waals surface area contributed by atoms with Crippen molar-refractivity contribution < 1.29 is 19.4 Å². The molecule has 2 heterocycles. The summed E-state index contributed by atoms with van der Waals surface area (Å²) in [6.07, 6.45) is 2.23. The Hall–Kier alpha value is -2.02. The minimum absolute atomic E-state index is 0.0397. The molecule has 1 aliphatic heterocycles. The van der Waals surface area contributed by atoms with Gasteiger partial charge in [0.15, 0.2) is 0 Å². The molecule has 0 saturated carbocycles. The number of ether oxygens (including phenoxy) is 2. The number of rotatable bonds is 6. The molecular formula is C15H23N3O4. The standard InChI is InChI=1S/C15H23N3O4/c1-17(2)9-10-21-14-4-3-13(11-16-14)22-12-5-7-18(8-6-12)15(19)20/h3-4,11-12H,5-10H2,1-2H3,(H,19,20). The van der Waals surface area contributed by atoms with Crippen molar-refractivity contribution in [2.75, 3.05) is 40.3 Å². The molecule has 0 aromatic carbocycles. The summed E-state index contributed by atoms with van der Waals surface area (Å²) < 4.78 is 11.4. The van der Waals surface area contributed by atoms with E-state index in [1.807, 2.05) is 25.1 Å². The number of likely N-dealkylation sites (N-methyl/N-ethyl adjacent to an activating group) is 1. The molecule has 22 heavy (non-hydrogen) atoms. The van der Waals surface area contributed by atoms with E-state index in [9.17, 15) is 4.79 Å². The van der Waals surface area contributed by atoms with Gasteiger partial charge in [0, 0.05) is 38.5 Å². The SMILES string of the molecule is CN(C)CCOc1ccc(OC2CCN(C(=O)O)CC2)cn1. The summed E-state index contributed by atoms with van der Waals surface area (Å²) in [6, 6.07) is 3.62. The molecule has 1 N–H and O–H groups in total. The normalized spacial score (nSPS) is 15.9. The Balaban J connectivity index is 1.76. The van der Waals surface area contributed by atoms with Crippen molar-refractivity contribution in [1.82, 2.24) is 14.8 Å². The van der Waals surface area contributed by atoms with Crippen molar-refractivity contribution >= 4 is 6.09 Å². The number of amides is 1. The average molecular weight is 309 g/mol. The fraction of sp³-hybridized carbons (Fsp3) is 0.600. The molecule has 0 atom stereocenters. The molecule has 1 saturated heterocycles. The van der Waals surface area contributed by atoms with Gasteiger partial charge in [0.1, 0.15) is 18.5 Å². The van der Waals surface area contributed by atoms with Crippen LogP contribution in [0.15, 0.2) is 18.3 Å². The maximum atomic E-state index is 10.8. The lowest BCUT2D eigenvalue weighted by Gasteiger charge is -2.30. The smallest absolute Gasteiger partial charge is 0.407 e. The lowest BCUT2D eigenvalue weighted by atomic mass is 10.1. The lowest BCUT2D eigenvalue weighted by Crippen LogP contribution is -2.41. The quantitative estimate of drug-likeness (QED) is 0.859. The molecule has 122 valence electrons. The molecule has 2 rings (SSSR count). The lowest BCUT2D eigenvalue weighted by molar-refractivity contribution is 0.0891. The third-order valence-electron chi connectivity index (χ3n) is 3.51. The van der Waals surface area contributed by atoms with Crippen LogP contribution in [-0.2, 0) is 0 Å². The van der Waals surface area contributed by atoms with Crippen LogP contribution in [0.2, 0.25) is 0 Å². The van der Waals surface area contributed by atoms with E-state index in [1.165, 1.54) is 4.90 Å². The molecule has 7 nitrogen and oxygen atoms in total. The van der Waals surface area contributed by atoms with Crippen LogP contribution in [0.4, 0.5) is 4.79 Å². The largest absolute Gasteiger partial charge is 0.489 e. The van der Waals surface area contributed by atoms with E-state index in [0.717, 1.165) is 6.54 Å². The van der Waals surface area contributed by atoms with Gasteiger partial charge in [-0.3, -0.25) is 0 Å². The summed E-state index contributed by atoms with van der Waals surface area (Å²) in [5.74, 6) is 1.27. The van der Waals surface area contributed by atoms with E-state index in [0.29, 0.717) is 44.2 Å². The van der Waals surface area contributed by atoms with Crippen LogP contribution in [-0.4, -0.2) is 72.4 Å². The van der Waals surface area contributed by atoms with Crippen LogP contribution < -0.4 is 9.47 Å². The molecule has 0 unspecified atom stereocenters. The molecule has 1 fully saturated rings. The number of carbonyl (C=O) groups is 1. The van der Waals surface area contributed by atoms with Crippen molar-refractivity contribution in [3.8, 4) is 11.6 Å². The van der Waals surface area contributed by atoms with Crippen LogP contribution in [0.3, 0.4) is 0 Å². The van der Waals surface area contributed by atoms with Crippen molar-refractivity contribution in [3.05, 3.63) is 18.3 Å². The van der Waals surface area contributed by atoms with Crippen molar-refractivity contribution in [3.63, 3.8) is 0 Å². The first-order valence-electron chi connectivity index (χ1n) is 7.42. The van der Waals surface area contributed by atoms with E-state index in [2.05, 4.69) is 4.98 Å². The zero-order valence-electron chi connectivity index (χ0n) is 13.1. The Kier molecular flexibility index (Phi) is 5.83. The topological polar surface area (TPSA) is 75.1 Å². The van der Waals surface area contributed by atoms with E-state index in [1.54, 1.807) is 12.3 Å². The van der Waals surface area contributed by atoms with E-state index in [-0.39, 0.29) is 6.10 Å². The Morgan fingerprint density at radius 1 is 1.41 bits per heavy atom. The molecule has 1 aliphatic rings. The van der Waals surface area contributed by atoms with E-state index in [4.69, 9.17) is 14.6 Å². The minimum atomic E-state index is -0.862. The number of likely N-dealkylation sites (tertiary alicyclic amines) is 1. The van der Waals surface area contributed by atoms with Gasteiger partial charge in [-0.2, -0.15) is 0 Å². The Bertz CT molecular complexity index is 470. The zero-order chi connectivity index (χ0) is 15.9. The summed E-state index contributed by atoms with van der Waals surface area (Å²) in [4.78, 5) is 18.5. The zero-order valence-corrected chi connectivity index (χ0v) is 13.1. The molecule has 0 bridgehead atoms. The number of hydrogen-bond donors (Lipinski definition) is 1. The summed E-state index contributed by atoms with van der Waals surface area (Å²) in [5, 5.41) is 8.91. The van der Waals surface area contributed by atoms with Gasteiger partial charge in [-0.05, 0) is 20.2 Å². The van der Waals surface area contributed by atoms with Crippen molar-refractivity contribution in [2.24, 2.45) is 0 Å². The second-order valence-corrected chi connectivity index (χ2v) is 5.57. The van der Waals surface area contributed by atoms with Crippen LogP contribution in [0.5, 0.6) is 11.6 Å². The number of pyridine rings is 1. The summed E-state index contributed by atoms with van der Waals surface area (Å²) in [5.41, 5.74) is 0. The van der Waals surface area contributed by atoms with Gasteiger partial charge in [-0.1, -0.05) is 0 Å². The van der Waals surface area contributed by atoms with Crippen LogP contribution in [0.25, 0.3) is 0 Å². The summed E-state index contributed by atoms with van der Waals surface area (Å²) >= 11 is 0. The molecule has 1 aromatic rings. The average Bonchev–Trinajstić information content (AvgIpc) is 2.49. The van der Waals surface area contributed by atoms with Gasteiger partial charge in [-0.15, -0.1) is 0 Å². The predicted octanol–water partition coefficient (Wildman–Crippen LogP) is 1.54. The van der Waals surface area contributed by atoms with Gasteiger partial charge >= 0.3 is 6.09 Å². The Labute approximate surface area is 130 Å². The highest BCUT2D eigenvalue weighted by Gasteiger charge is 2.23. The monoisotopic (exact) mass is 309 g/mol. The highest BCUT2D eigenvalue weighted by Crippen LogP contribution is 2.20. The maximum absolute atomic E-state index is 10.8. The maximum Gasteiger partial charge on any atom is 0.407 e. The highest BCUT2D eigenvalue weighted by molar-refractivity contribution is 5.65. The van der Waals surface area contributed by atoms with Gasteiger partial charge in [-0.25, -0.2) is 9.78 Å². The van der Waals surface area contributed by atoms with Crippen LogP contribution in [0, 0.1) is 0 Å². The number of nitrogens with zero attached hydrogens (tertiary/aromatic N) is 3. The fourth-order valence-corrected chi connectivity index (χ4v) is 2.21.